The molecule has 0 spiro atoms. The number of halogens is 1. The number of likely N-dealkylation sites (N-methyl/N-ethyl adjacent to an activating group) is 1. The summed E-state index contributed by atoms with van der Waals surface area (Å²) >= 11 is 5.86. The van der Waals surface area contributed by atoms with Gasteiger partial charge < -0.3 is 20.7 Å². The predicted octanol–water partition coefficient (Wildman–Crippen LogP) is 2.67. The Labute approximate surface area is 174 Å². The lowest BCUT2D eigenvalue weighted by Crippen LogP contribution is -2.51. The van der Waals surface area contributed by atoms with Gasteiger partial charge in [-0.25, -0.2) is 4.79 Å². The molecule has 1 aliphatic carbocycles. The van der Waals surface area contributed by atoms with Crippen LogP contribution in [0.4, 0.5) is 4.79 Å². The highest BCUT2D eigenvalue weighted by atomic mass is 35.5. The quantitative estimate of drug-likeness (QED) is 0.656. The molecule has 156 valence electrons. The summed E-state index contributed by atoms with van der Waals surface area (Å²) < 4.78 is 5.10. The molecule has 1 aromatic rings. The maximum atomic E-state index is 12.5. The molecule has 0 heterocycles. The molecule has 1 atom stereocenters. The molecule has 0 radical (unpaired) electrons. The summed E-state index contributed by atoms with van der Waals surface area (Å²) in [5, 5.41) is 12.6. The summed E-state index contributed by atoms with van der Waals surface area (Å²) in [5.41, 5.74) is 4.97. The average molecular weight is 421 g/mol. The fourth-order valence-corrected chi connectivity index (χ4v) is 3.61. The Balaban J connectivity index is 1.95. The van der Waals surface area contributed by atoms with Crippen molar-refractivity contribution in [1.82, 2.24) is 10.2 Å². The number of hydrogen-bond donors (Lipinski definition) is 2. The number of amides is 3. The summed E-state index contributed by atoms with van der Waals surface area (Å²) in [5.74, 6) is -1.11. The number of rotatable bonds is 7. The number of nitrogens with two attached hydrogens (primary N) is 1. The number of carbonyl (C=O) groups excluding carboxylic acids is 3. The first-order valence-electron chi connectivity index (χ1n) is 9.42. The van der Waals surface area contributed by atoms with Crippen LogP contribution in [-0.2, 0) is 14.3 Å². The minimum atomic E-state index is -0.846. The van der Waals surface area contributed by atoms with Crippen molar-refractivity contribution < 1.29 is 19.1 Å². The van der Waals surface area contributed by atoms with Crippen LogP contribution in [0, 0.1) is 11.3 Å². The number of hydrogen-bond acceptors (Lipinski definition) is 5. The van der Waals surface area contributed by atoms with E-state index in [2.05, 4.69) is 11.4 Å². The van der Waals surface area contributed by atoms with Crippen molar-refractivity contribution in [3.63, 3.8) is 0 Å². The van der Waals surface area contributed by atoms with E-state index >= 15 is 0 Å². The lowest BCUT2D eigenvalue weighted by molar-refractivity contribution is -0.154. The summed E-state index contributed by atoms with van der Waals surface area (Å²) in [6, 6.07) is 7.33. The largest absolute Gasteiger partial charge is 0.455 e. The van der Waals surface area contributed by atoms with Crippen LogP contribution in [0.2, 0.25) is 5.02 Å². The number of nitriles is 1. The Morgan fingerprint density at radius 3 is 2.45 bits per heavy atom. The fraction of sp³-hybridized carbons (Fsp3) is 0.500. The maximum absolute atomic E-state index is 12.5. The standard InChI is InChI=1S/C20H25ClN4O4/c1-25(20(13-22)9-3-2-4-10-20)17(26)12-29-18(27)11-16(24-19(23)28)14-5-7-15(21)8-6-14/h5-8,16H,2-4,9-12H2,1H3,(H3,23,24,28)/t16-/m0/s1. The van der Waals surface area contributed by atoms with Crippen LogP contribution in [0.1, 0.15) is 50.1 Å². The Morgan fingerprint density at radius 1 is 1.28 bits per heavy atom. The molecule has 0 unspecified atom stereocenters. The summed E-state index contributed by atoms with van der Waals surface area (Å²) in [6.07, 6.45) is 3.82. The Bertz CT molecular complexity index is 785. The molecule has 0 aromatic heterocycles. The first-order valence-corrected chi connectivity index (χ1v) is 9.80. The predicted molar refractivity (Wildman–Crippen MR) is 107 cm³/mol. The highest BCUT2D eigenvalue weighted by molar-refractivity contribution is 6.30. The smallest absolute Gasteiger partial charge is 0.312 e. The van der Waals surface area contributed by atoms with Gasteiger partial charge >= 0.3 is 12.0 Å². The lowest BCUT2D eigenvalue weighted by atomic mass is 9.81. The van der Waals surface area contributed by atoms with E-state index in [0.717, 1.165) is 19.3 Å². The number of esters is 1. The molecular weight excluding hydrogens is 396 g/mol. The Hall–Kier alpha value is -2.79. The van der Waals surface area contributed by atoms with Crippen LogP contribution in [-0.4, -0.2) is 42.0 Å². The van der Waals surface area contributed by atoms with Crippen molar-refractivity contribution in [3.05, 3.63) is 34.9 Å². The zero-order chi connectivity index (χ0) is 21.4. The number of nitrogens with one attached hydrogen (secondary N) is 1. The molecule has 3 amide bonds. The zero-order valence-electron chi connectivity index (χ0n) is 16.3. The van der Waals surface area contributed by atoms with Gasteiger partial charge in [0, 0.05) is 12.1 Å². The first-order chi connectivity index (χ1) is 13.8. The summed E-state index contributed by atoms with van der Waals surface area (Å²) in [7, 11) is 1.57. The second-order valence-corrected chi connectivity index (χ2v) is 7.57. The van der Waals surface area contributed by atoms with Gasteiger partial charge in [-0.1, -0.05) is 43.0 Å². The highest BCUT2D eigenvalue weighted by Gasteiger charge is 2.39. The molecule has 0 aliphatic heterocycles. The number of benzene rings is 1. The van der Waals surface area contributed by atoms with Gasteiger partial charge in [0.1, 0.15) is 5.54 Å². The van der Waals surface area contributed by atoms with Crippen molar-refractivity contribution in [2.24, 2.45) is 5.73 Å². The molecule has 2 rings (SSSR count). The van der Waals surface area contributed by atoms with Crippen molar-refractivity contribution in [2.75, 3.05) is 13.7 Å². The van der Waals surface area contributed by atoms with E-state index < -0.39 is 36.1 Å². The molecule has 0 bridgehead atoms. The van der Waals surface area contributed by atoms with E-state index in [1.807, 2.05) is 0 Å². The first kappa shape index (κ1) is 22.5. The van der Waals surface area contributed by atoms with E-state index in [0.29, 0.717) is 23.4 Å². The minimum absolute atomic E-state index is 0.203. The minimum Gasteiger partial charge on any atom is -0.455 e. The average Bonchev–Trinajstić information content (AvgIpc) is 2.71. The van der Waals surface area contributed by atoms with E-state index in [4.69, 9.17) is 22.1 Å². The van der Waals surface area contributed by atoms with Crippen molar-refractivity contribution in [2.45, 2.75) is 50.1 Å². The number of urea groups is 1. The van der Waals surface area contributed by atoms with Crippen LogP contribution < -0.4 is 11.1 Å². The molecule has 0 saturated heterocycles. The molecule has 8 nitrogen and oxygen atoms in total. The van der Waals surface area contributed by atoms with Crippen molar-refractivity contribution in [3.8, 4) is 6.07 Å². The Morgan fingerprint density at radius 2 is 1.90 bits per heavy atom. The third-order valence-electron chi connectivity index (χ3n) is 5.22. The topological polar surface area (TPSA) is 126 Å². The molecule has 3 N–H and O–H groups in total. The molecule has 1 aromatic carbocycles. The van der Waals surface area contributed by atoms with Gasteiger partial charge in [0.25, 0.3) is 5.91 Å². The van der Waals surface area contributed by atoms with Crippen LogP contribution in [0.5, 0.6) is 0 Å². The number of carbonyl (C=O) groups is 3. The van der Waals surface area contributed by atoms with Crippen LogP contribution in [0.25, 0.3) is 0 Å². The van der Waals surface area contributed by atoms with E-state index in [-0.39, 0.29) is 6.42 Å². The number of primary amides is 1. The third-order valence-corrected chi connectivity index (χ3v) is 5.47. The van der Waals surface area contributed by atoms with Crippen LogP contribution in [0.3, 0.4) is 0 Å². The van der Waals surface area contributed by atoms with E-state index in [1.165, 1.54) is 4.90 Å². The third kappa shape index (κ3) is 6.09. The van der Waals surface area contributed by atoms with Crippen molar-refractivity contribution in [1.29, 1.82) is 5.26 Å². The molecular formula is C20H25ClN4O4. The number of ether oxygens (including phenoxy) is 1. The fourth-order valence-electron chi connectivity index (χ4n) is 3.48. The van der Waals surface area contributed by atoms with Gasteiger partial charge in [0.2, 0.25) is 0 Å². The monoisotopic (exact) mass is 420 g/mol. The van der Waals surface area contributed by atoms with Crippen LogP contribution >= 0.6 is 11.6 Å². The molecule has 1 aliphatic rings. The summed E-state index contributed by atoms with van der Waals surface area (Å²) in [4.78, 5) is 37.4. The van der Waals surface area contributed by atoms with E-state index in [9.17, 15) is 19.6 Å². The molecule has 1 fully saturated rings. The van der Waals surface area contributed by atoms with Gasteiger partial charge in [0.15, 0.2) is 6.61 Å². The molecule has 9 heteroatoms. The molecule has 29 heavy (non-hydrogen) atoms. The Kier molecular flexibility index (Phi) is 7.85. The molecule has 1 saturated carbocycles. The van der Waals surface area contributed by atoms with Gasteiger partial charge in [-0.15, -0.1) is 0 Å². The second-order valence-electron chi connectivity index (χ2n) is 7.13. The zero-order valence-corrected chi connectivity index (χ0v) is 17.1. The lowest BCUT2D eigenvalue weighted by Gasteiger charge is -2.38. The normalized spacial score (nSPS) is 16.2. The maximum Gasteiger partial charge on any atom is 0.312 e. The van der Waals surface area contributed by atoms with Crippen LogP contribution in [0.15, 0.2) is 24.3 Å². The number of nitrogens with zero attached hydrogens (tertiary/aromatic N) is 2. The van der Waals surface area contributed by atoms with Gasteiger partial charge in [0.05, 0.1) is 18.5 Å². The van der Waals surface area contributed by atoms with Gasteiger partial charge in [-0.2, -0.15) is 5.26 Å². The summed E-state index contributed by atoms with van der Waals surface area (Å²) in [6.45, 7) is -0.470. The highest BCUT2D eigenvalue weighted by Crippen LogP contribution is 2.32. The SMILES string of the molecule is CN(C(=O)COC(=O)C[C@H](NC(N)=O)c1ccc(Cl)cc1)C1(C#N)CCCCC1. The van der Waals surface area contributed by atoms with E-state index in [1.54, 1.807) is 31.3 Å². The van der Waals surface area contributed by atoms with Crippen molar-refractivity contribution >= 4 is 29.5 Å². The second kappa shape index (κ2) is 10.1. The van der Waals surface area contributed by atoms with Gasteiger partial charge in [-0.3, -0.25) is 9.59 Å². The van der Waals surface area contributed by atoms with Gasteiger partial charge in [-0.05, 0) is 30.5 Å².